The number of rotatable bonds is 6. The van der Waals surface area contributed by atoms with Crippen molar-refractivity contribution in [2.24, 2.45) is 11.1 Å². The van der Waals surface area contributed by atoms with Gasteiger partial charge in [-0.3, -0.25) is 0 Å². The van der Waals surface area contributed by atoms with E-state index in [1.807, 2.05) is 0 Å². The summed E-state index contributed by atoms with van der Waals surface area (Å²) in [6, 6.07) is 0. The van der Waals surface area contributed by atoms with Gasteiger partial charge in [-0.05, 0) is 59.3 Å². The van der Waals surface area contributed by atoms with Gasteiger partial charge in [0.05, 0.1) is 11.2 Å². The summed E-state index contributed by atoms with van der Waals surface area (Å²) >= 11 is 0. The van der Waals surface area contributed by atoms with E-state index in [0.717, 1.165) is 19.3 Å². The summed E-state index contributed by atoms with van der Waals surface area (Å²) in [6.45, 7) is 19.7. The third-order valence-corrected chi connectivity index (χ3v) is 3.06. The van der Waals surface area contributed by atoms with Crippen LogP contribution in [-0.4, -0.2) is 16.7 Å². The SMILES string of the molecule is CCC(C)(CC(C)(C)N)OC(C)(C)CC(C)(C)C. The smallest absolute Gasteiger partial charge is 0.0676 e. The zero-order chi connectivity index (χ0) is 14.8. The van der Waals surface area contributed by atoms with Crippen LogP contribution in [0, 0.1) is 5.41 Å². The second kappa shape index (κ2) is 5.50. The first-order valence-electron chi connectivity index (χ1n) is 7.17. The van der Waals surface area contributed by atoms with Crippen molar-refractivity contribution in [3.8, 4) is 0 Å². The Bertz CT molecular complexity index is 257. The lowest BCUT2D eigenvalue weighted by molar-refractivity contribution is -0.155. The summed E-state index contributed by atoms with van der Waals surface area (Å²) in [7, 11) is 0. The van der Waals surface area contributed by atoms with E-state index in [9.17, 15) is 0 Å². The van der Waals surface area contributed by atoms with Crippen LogP contribution in [0.3, 0.4) is 0 Å². The molecule has 2 N–H and O–H groups in total. The van der Waals surface area contributed by atoms with E-state index >= 15 is 0 Å². The molecule has 1 unspecified atom stereocenters. The maximum absolute atomic E-state index is 6.45. The lowest BCUT2D eigenvalue weighted by Gasteiger charge is -2.43. The average Bonchev–Trinajstić information content (AvgIpc) is 1.93. The maximum Gasteiger partial charge on any atom is 0.0676 e. The van der Waals surface area contributed by atoms with Crippen LogP contribution in [0.25, 0.3) is 0 Å². The third kappa shape index (κ3) is 8.10. The first-order chi connectivity index (χ1) is 7.68. The molecule has 0 aromatic heterocycles. The van der Waals surface area contributed by atoms with Crippen LogP contribution in [0.1, 0.15) is 81.6 Å². The predicted molar refractivity (Wildman–Crippen MR) is 80.8 cm³/mol. The normalized spacial score (nSPS) is 17.7. The highest BCUT2D eigenvalue weighted by Gasteiger charge is 2.37. The summed E-state index contributed by atoms with van der Waals surface area (Å²) in [5.74, 6) is 0. The largest absolute Gasteiger partial charge is 0.369 e. The second-order valence-electron chi connectivity index (χ2n) is 8.57. The molecule has 0 heterocycles. The monoisotopic (exact) mass is 257 g/mol. The molecule has 0 fully saturated rings. The predicted octanol–water partition coefficient (Wildman–Crippen LogP) is 4.51. The molecule has 0 aromatic carbocycles. The first-order valence-corrected chi connectivity index (χ1v) is 7.17. The average molecular weight is 257 g/mol. The molecule has 0 aliphatic heterocycles. The van der Waals surface area contributed by atoms with E-state index < -0.39 is 0 Å². The van der Waals surface area contributed by atoms with Crippen LogP contribution in [0.5, 0.6) is 0 Å². The van der Waals surface area contributed by atoms with E-state index in [1.165, 1.54) is 0 Å². The van der Waals surface area contributed by atoms with Crippen molar-refractivity contribution in [2.45, 2.75) is 98.3 Å². The van der Waals surface area contributed by atoms with Gasteiger partial charge in [-0.15, -0.1) is 0 Å². The van der Waals surface area contributed by atoms with Crippen LogP contribution >= 0.6 is 0 Å². The fourth-order valence-electron chi connectivity index (χ4n) is 3.18. The Kier molecular flexibility index (Phi) is 5.48. The zero-order valence-electron chi connectivity index (χ0n) is 14.1. The van der Waals surface area contributed by atoms with Gasteiger partial charge in [-0.25, -0.2) is 0 Å². The lowest BCUT2D eigenvalue weighted by Crippen LogP contribution is -2.47. The van der Waals surface area contributed by atoms with E-state index in [-0.39, 0.29) is 22.2 Å². The van der Waals surface area contributed by atoms with Crippen LogP contribution in [0.4, 0.5) is 0 Å². The van der Waals surface area contributed by atoms with Crippen LogP contribution in [-0.2, 0) is 4.74 Å². The summed E-state index contributed by atoms with van der Waals surface area (Å²) in [5.41, 5.74) is 5.98. The van der Waals surface area contributed by atoms with Gasteiger partial charge >= 0.3 is 0 Å². The summed E-state index contributed by atoms with van der Waals surface area (Å²) in [4.78, 5) is 0. The standard InChI is InChI=1S/C16H35NO/c1-10-16(9,12-14(5,6)17)18-15(7,8)11-13(2,3)4/h10-12,17H2,1-9H3. The Morgan fingerprint density at radius 1 is 0.833 bits per heavy atom. The van der Waals surface area contributed by atoms with Gasteiger partial charge in [-0.2, -0.15) is 0 Å². The van der Waals surface area contributed by atoms with Gasteiger partial charge in [0.2, 0.25) is 0 Å². The van der Waals surface area contributed by atoms with Crippen molar-refractivity contribution in [1.29, 1.82) is 0 Å². The van der Waals surface area contributed by atoms with Gasteiger partial charge in [0.1, 0.15) is 0 Å². The topological polar surface area (TPSA) is 35.2 Å². The Hall–Kier alpha value is -0.0800. The minimum Gasteiger partial charge on any atom is -0.369 e. The molecule has 0 spiro atoms. The molecular formula is C16H35NO. The fourth-order valence-corrected chi connectivity index (χ4v) is 3.18. The second-order valence-corrected chi connectivity index (χ2v) is 8.57. The molecule has 18 heavy (non-hydrogen) atoms. The molecule has 0 bridgehead atoms. The van der Waals surface area contributed by atoms with Crippen LogP contribution in [0.2, 0.25) is 0 Å². The highest BCUT2D eigenvalue weighted by atomic mass is 16.5. The van der Waals surface area contributed by atoms with Crippen molar-refractivity contribution < 1.29 is 4.74 Å². The zero-order valence-corrected chi connectivity index (χ0v) is 14.1. The number of ether oxygens (including phenoxy) is 1. The van der Waals surface area contributed by atoms with Crippen molar-refractivity contribution >= 4 is 0 Å². The van der Waals surface area contributed by atoms with Crippen LogP contribution in [0.15, 0.2) is 0 Å². The summed E-state index contributed by atoms with van der Waals surface area (Å²) < 4.78 is 6.45. The minimum absolute atomic E-state index is 0.117. The van der Waals surface area contributed by atoms with E-state index in [0.29, 0.717) is 0 Å². The van der Waals surface area contributed by atoms with E-state index in [4.69, 9.17) is 10.5 Å². The Labute approximate surface area is 115 Å². The molecule has 0 saturated carbocycles. The molecule has 0 radical (unpaired) electrons. The van der Waals surface area contributed by atoms with Gasteiger partial charge in [0.15, 0.2) is 0 Å². The van der Waals surface area contributed by atoms with Crippen molar-refractivity contribution in [3.05, 3.63) is 0 Å². The fraction of sp³-hybridized carbons (Fsp3) is 1.00. The molecule has 0 aromatic rings. The number of nitrogens with two attached hydrogens (primary N) is 1. The molecule has 0 aliphatic carbocycles. The van der Waals surface area contributed by atoms with Crippen molar-refractivity contribution in [3.63, 3.8) is 0 Å². The van der Waals surface area contributed by atoms with E-state index in [1.54, 1.807) is 0 Å². The quantitative estimate of drug-likeness (QED) is 0.759. The molecule has 1 atom stereocenters. The number of hydrogen-bond donors (Lipinski definition) is 1. The number of hydrogen-bond acceptors (Lipinski definition) is 2. The molecule has 0 rings (SSSR count). The molecule has 0 amide bonds. The molecule has 110 valence electrons. The van der Waals surface area contributed by atoms with E-state index in [2.05, 4.69) is 62.3 Å². The summed E-state index contributed by atoms with van der Waals surface area (Å²) in [5, 5.41) is 0. The highest BCUT2D eigenvalue weighted by molar-refractivity contribution is 4.89. The van der Waals surface area contributed by atoms with Gasteiger partial charge in [0.25, 0.3) is 0 Å². The summed E-state index contributed by atoms with van der Waals surface area (Å²) in [6.07, 6.45) is 2.91. The molecule has 2 nitrogen and oxygen atoms in total. The van der Waals surface area contributed by atoms with Crippen LogP contribution < -0.4 is 5.73 Å². The molecule has 0 aliphatic rings. The van der Waals surface area contributed by atoms with Gasteiger partial charge < -0.3 is 10.5 Å². The molecule has 0 saturated heterocycles. The minimum atomic E-state index is -0.192. The Morgan fingerprint density at radius 3 is 1.56 bits per heavy atom. The van der Waals surface area contributed by atoms with Gasteiger partial charge in [0, 0.05) is 5.54 Å². The Morgan fingerprint density at radius 2 is 1.28 bits per heavy atom. The van der Waals surface area contributed by atoms with Crippen molar-refractivity contribution in [1.82, 2.24) is 0 Å². The highest BCUT2D eigenvalue weighted by Crippen LogP contribution is 2.36. The first kappa shape index (κ1) is 17.9. The van der Waals surface area contributed by atoms with Gasteiger partial charge in [-0.1, -0.05) is 27.7 Å². The lowest BCUT2D eigenvalue weighted by atomic mass is 9.81. The third-order valence-electron chi connectivity index (χ3n) is 3.06. The van der Waals surface area contributed by atoms with Crippen molar-refractivity contribution in [2.75, 3.05) is 0 Å². The maximum atomic E-state index is 6.45. The molecular weight excluding hydrogens is 222 g/mol. The Balaban J connectivity index is 4.80. The molecule has 2 heteroatoms.